The molecule has 2 rings (SSSR count). The lowest BCUT2D eigenvalue weighted by molar-refractivity contribution is 0.0600. The Bertz CT molecular complexity index is 491. The molecule has 0 radical (unpaired) electrons. The number of fused-ring (bicyclic) bond motifs is 1. The van der Waals surface area contributed by atoms with E-state index in [1.165, 1.54) is 7.11 Å². The van der Waals surface area contributed by atoms with Gasteiger partial charge < -0.3 is 9.64 Å². The van der Waals surface area contributed by atoms with Gasteiger partial charge >= 0.3 is 5.97 Å². The fourth-order valence-corrected chi connectivity index (χ4v) is 2.23. The van der Waals surface area contributed by atoms with E-state index in [1.54, 1.807) is 6.07 Å². The maximum absolute atomic E-state index is 11.6. The summed E-state index contributed by atoms with van der Waals surface area (Å²) in [6.07, 6.45) is 0.784. The Labute approximate surface area is 100 Å². The van der Waals surface area contributed by atoms with Gasteiger partial charge in [-0.25, -0.2) is 4.79 Å². The largest absolute Gasteiger partial charge is 0.465 e. The highest BCUT2D eigenvalue weighted by Crippen LogP contribution is 2.32. The van der Waals surface area contributed by atoms with Crippen LogP contribution < -0.4 is 4.90 Å². The molecule has 1 heterocycles. The Morgan fingerprint density at radius 3 is 3.00 bits per heavy atom. The number of nitriles is 1. The first-order chi connectivity index (χ1) is 8.19. The van der Waals surface area contributed by atoms with E-state index in [0.717, 1.165) is 24.2 Å². The number of carbonyl (C=O) groups is 1. The first-order valence-corrected chi connectivity index (χ1v) is 5.55. The summed E-state index contributed by atoms with van der Waals surface area (Å²) in [5, 5.41) is 8.96. The normalized spacial score (nSPS) is 15.0. The second-order valence-electron chi connectivity index (χ2n) is 4.04. The summed E-state index contributed by atoms with van der Waals surface area (Å²) in [4.78, 5) is 13.6. The second kappa shape index (κ2) is 4.46. The van der Waals surface area contributed by atoms with Gasteiger partial charge in [0.25, 0.3) is 0 Å². The average Bonchev–Trinajstić information content (AvgIpc) is 2.80. The van der Waals surface area contributed by atoms with Crippen molar-refractivity contribution < 1.29 is 9.53 Å². The van der Waals surface area contributed by atoms with E-state index in [2.05, 4.69) is 6.07 Å². The lowest BCUT2D eigenvalue weighted by Gasteiger charge is -2.21. The van der Waals surface area contributed by atoms with Crippen LogP contribution in [-0.4, -0.2) is 25.7 Å². The number of nitrogens with zero attached hydrogens (tertiary/aromatic N) is 2. The molecule has 17 heavy (non-hydrogen) atoms. The van der Waals surface area contributed by atoms with Crippen molar-refractivity contribution in [3.05, 3.63) is 29.3 Å². The van der Waals surface area contributed by atoms with E-state index in [9.17, 15) is 4.79 Å². The van der Waals surface area contributed by atoms with E-state index < -0.39 is 0 Å². The highest BCUT2D eigenvalue weighted by Gasteiger charge is 2.27. The molecule has 0 fully saturated rings. The molecular formula is C13H14N2O2. The molecule has 1 unspecified atom stereocenters. The van der Waals surface area contributed by atoms with Gasteiger partial charge in [0.2, 0.25) is 0 Å². The van der Waals surface area contributed by atoms with Gasteiger partial charge in [-0.3, -0.25) is 0 Å². The van der Waals surface area contributed by atoms with Gasteiger partial charge in [-0.2, -0.15) is 5.26 Å². The SMILES string of the molecule is COC(=O)c1cccc2c1CCN2C(C)C#N. The van der Waals surface area contributed by atoms with Crippen LogP contribution in [0.4, 0.5) is 5.69 Å². The van der Waals surface area contributed by atoms with Crippen molar-refractivity contribution in [3.63, 3.8) is 0 Å². The van der Waals surface area contributed by atoms with Crippen molar-refractivity contribution in [1.29, 1.82) is 5.26 Å². The molecule has 0 N–H and O–H groups in total. The van der Waals surface area contributed by atoms with Gasteiger partial charge in [0, 0.05) is 12.2 Å². The van der Waals surface area contributed by atoms with Gasteiger partial charge in [0.05, 0.1) is 18.7 Å². The van der Waals surface area contributed by atoms with Crippen molar-refractivity contribution in [2.24, 2.45) is 0 Å². The molecule has 0 spiro atoms. The number of benzene rings is 1. The van der Waals surface area contributed by atoms with Crippen molar-refractivity contribution in [2.45, 2.75) is 19.4 Å². The zero-order valence-corrected chi connectivity index (χ0v) is 9.93. The predicted octanol–water partition coefficient (Wildman–Crippen LogP) is 1.75. The van der Waals surface area contributed by atoms with E-state index in [-0.39, 0.29) is 12.0 Å². The topological polar surface area (TPSA) is 53.3 Å². The van der Waals surface area contributed by atoms with Crippen molar-refractivity contribution in [1.82, 2.24) is 0 Å². The van der Waals surface area contributed by atoms with Gasteiger partial charge in [-0.05, 0) is 31.0 Å². The summed E-state index contributed by atoms with van der Waals surface area (Å²) >= 11 is 0. The molecule has 0 bridgehead atoms. The zero-order chi connectivity index (χ0) is 12.4. The lowest BCUT2D eigenvalue weighted by Crippen LogP contribution is -2.29. The van der Waals surface area contributed by atoms with Crippen LogP contribution in [0.3, 0.4) is 0 Å². The fourth-order valence-electron chi connectivity index (χ4n) is 2.23. The lowest BCUT2D eigenvalue weighted by atomic mass is 10.1. The number of hydrogen-bond donors (Lipinski definition) is 0. The predicted molar refractivity (Wildman–Crippen MR) is 63.9 cm³/mol. The average molecular weight is 230 g/mol. The monoisotopic (exact) mass is 230 g/mol. The highest BCUT2D eigenvalue weighted by molar-refractivity contribution is 5.93. The van der Waals surface area contributed by atoms with E-state index in [0.29, 0.717) is 5.56 Å². The number of carbonyl (C=O) groups excluding carboxylic acids is 1. The van der Waals surface area contributed by atoms with Gasteiger partial charge in [-0.15, -0.1) is 0 Å². The summed E-state index contributed by atoms with van der Waals surface area (Å²) in [6.45, 7) is 2.64. The fraction of sp³-hybridized carbons (Fsp3) is 0.385. The molecular weight excluding hydrogens is 216 g/mol. The maximum Gasteiger partial charge on any atom is 0.338 e. The number of ether oxygens (including phenoxy) is 1. The Balaban J connectivity index is 2.43. The summed E-state index contributed by atoms with van der Waals surface area (Å²) < 4.78 is 4.76. The summed E-state index contributed by atoms with van der Waals surface area (Å²) in [6, 6.07) is 7.59. The Hall–Kier alpha value is -2.02. The Morgan fingerprint density at radius 1 is 1.59 bits per heavy atom. The molecule has 1 aliphatic heterocycles. The van der Waals surface area contributed by atoms with E-state index in [4.69, 9.17) is 10.00 Å². The minimum absolute atomic E-state index is 0.177. The molecule has 88 valence electrons. The quantitative estimate of drug-likeness (QED) is 0.726. The number of methoxy groups -OCH3 is 1. The number of anilines is 1. The smallest absolute Gasteiger partial charge is 0.338 e. The van der Waals surface area contributed by atoms with Crippen LogP contribution in [0.2, 0.25) is 0 Å². The van der Waals surface area contributed by atoms with Crippen LogP contribution in [-0.2, 0) is 11.2 Å². The van der Waals surface area contributed by atoms with Crippen LogP contribution in [0.1, 0.15) is 22.8 Å². The second-order valence-corrected chi connectivity index (χ2v) is 4.04. The molecule has 4 heteroatoms. The number of hydrogen-bond acceptors (Lipinski definition) is 4. The van der Waals surface area contributed by atoms with E-state index >= 15 is 0 Å². The first kappa shape index (κ1) is 11.5. The van der Waals surface area contributed by atoms with E-state index in [1.807, 2.05) is 24.0 Å². The summed E-state index contributed by atoms with van der Waals surface area (Å²) in [5.41, 5.74) is 2.57. The molecule has 0 saturated heterocycles. The molecule has 1 aromatic rings. The molecule has 0 aliphatic carbocycles. The van der Waals surface area contributed by atoms with Crippen LogP contribution in [0.5, 0.6) is 0 Å². The molecule has 1 aliphatic rings. The molecule has 1 aromatic carbocycles. The van der Waals surface area contributed by atoms with Gasteiger partial charge in [-0.1, -0.05) is 6.07 Å². The number of rotatable bonds is 2. The first-order valence-electron chi connectivity index (χ1n) is 5.55. The van der Waals surface area contributed by atoms with Crippen molar-refractivity contribution >= 4 is 11.7 Å². The van der Waals surface area contributed by atoms with Crippen molar-refractivity contribution in [2.75, 3.05) is 18.6 Å². The molecule has 1 atom stereocenters. The molecule has 0 amide bonds. The number of esters is 1. The van der Waals surface area contributed by atoms with Crippen LogP contribution in [0, 0.1) is 11.3 Å². The molecule has 4 nitrogen and oxygen atoms in total. The summed E-state index contributed by atoms with van der Waals surface area (Å²) in [5.74, 6) is -0.312. The highest BCUT2D eigenvalue weighted by atomic mass is 16.5. The Kier molecular flexibility index (Phi) is 3.01. The Morgan fingerprint density at radius 2 is 2.35 bits per heavy atom. The van der Waals surface area contributed by atoms with Gasteiger partial charge in [0.1, 0.15) is 6.04 Å². The molecule has 0 saturated carbocycles. The third-order valence-electron chi connectivity index (χ3n) is 3.12. The van der Waals surface area contributed by atoms with Crippen LogP contribution >= 0.6 is 0 Å². The van der Waals surface area contributed by atoms with Crippen LogP contribution in [0.25, 0.3) is 0 Å². The minimum atomic E-state index is -0.312. The zero-order valence-electron chi connectivity index (χ0n) is 9.93. The third kappa shape index (κ3) is 1.84. The minimum Gasteiger partial charge on any atom is -0.465 e. The summed E-state index contributed by atoms with van der Waals surface area (Å²) in [7, 11) is 1.38. The standard InChI is InChI=1S/C13H14N2O2/c1-9(8-14)15-7-6-10-11(13(16)17-2)4-3-5-12(10)15/h3-5,9H,6-7H2,1-2H3. The molecule has 0 aromatic heterocycles. The van der Waals surface area contributed by atoms with Crippen LogP contribution in [0.15, 0.2) is 18.2 Å². The maximum atomic E-state index is 11.6. The third-order valence-corrected chi connectivity index (χ3v) is 3.12. The van der Waals surface area contributed by atoms with Crippen molar-refractivity contribution in [3.8, 4) is 6.07 Å². The van der Waals surface area contributed by atoms with Gasteiger partial charge in [0.15, 0.2) is 0 Å².